The average molecular weight is 181 g/mol. The number of aromatic nitrogens is 1. The van der Waals surface area contributed by atoms with E-state index in [1.165, 1.54) is 0 Å². The topological polar surface area (TPSA) is 62.4 Å². The Bertz CT molecular complexity index is 275. The molecule has 0 saturated carbocycles. The molecule has 0 aliphatic carbocycles. The fourth-order valence-corrected chi connectivity index (χ4v) is 0.989. The molecular formula is C9H15N3O. The maximum atomic E-state index is 8.84. The summed E-state index contributed by atoms with van der Waals surface area (Å²) in [7, 11) is 3.83. The SMILES string of the molecule is CN(C)c1cccc([C@H](N)CO)n1. The van der Waals surface area contributed by atoms with E-state index in [0.717, 1.165) is 5.82 Å². The number of nitrogens with zero attached hydrogens (tertiary/aromatic N) is 2. The first-order valence-electron chi connectivity index (χ1n) is 4.16. The maximum Gasteiger partial charge on any atom is 0.128 e. The Kier molecular flexibility index (Phi) is 3.22. The van der Waals surface area contributed by atoms with E-state index in [0.29, 0.717) is 5.69 Å². The first kappa shape index (κ1) is 9.95. The van der Waals surface area contributed by atoms with E-state index < -0.39 is 0 Å². The van der Waals surface area contributed by atoms with Crippen LogP contribution in [0.25, 0.3) is 0 Å². The van der Waals surface area contributed by atoms with Crippen LogP contribution in [0.15, 0.2) is 18.2 Å². The Hall–Kier alpha value is -1.13. The molecule has 0 saturated heterocycles. The predicted octanol–water partition coefficient (Wildman–Crippen LogP) is 0.140. The van der Waals surface area contributed by atoms with Crippen LogP contribution in [-0.4, -0.2) is 30.8 Å². The molecule has 4 nitrogen and oxygen atoms in total. The molecule has 1 aromatic rings. The second-order valence-electron chi connectivity index (χ2n) is 3.10. The number of hydrogen-bond acceptors (Lipinski definition) is 4. The monoisotopic (exact) mass is 181 g/mol. The van der Waals surface area contributed by atoms with Crippen molar-refractivity contribution < 1.29 is 5.11 Å². The molecule has 0 fully saturated rings. The van der Waals surface area contributed by atoms with Crippen molar-refractivity contribution in [3.05, 3.63) is 23.9 Å². The van der Waals surface area contributed by atoms with Gasteiger partial charge in [0.25, 0.3) is 0 Å². The lowest BCUT2D eigenvalue weighted by Crippen LogP contribution is -2.18. The van der Waals surface area contributed by atoms with Gasteiger partial charge in [0, 0.05) is 14.1 Å². The molecule has 1 rings (SSSR count). The third-order valence-electron chi connectivity index (χ3n) is 1.79. The Morgan fingerprint density at radius 3 is 2.77 bits per heavy atom. The molecule has 0 aliphatic rings. The van der Waals surface area contributed by atoms with Crippen LogP contribution in [-0.2, 0) is 0 Å². The van der Waals surface area contributed by atoms with Gasteiger partial charge in [0.2, 0.25) is 0 Å². The summed E-state index contributed by atoms with van der Waals surface area (Å²) in [4.78, 5) is 6.18. The van der Waals surface area contributed by atoms with Gasteiger partial charge in [-0.1, -0.05) is 6.07 Å². The molecule has 0 aliphatic heterocycles. The molecule has 0 unspecified atom stereocenters. The van der Waals surface area contributed by atoms with Crippen molar-refractivity contribution in [2.45, 2.75) is 6.04 Å². The highest BCUT2D eigenvalue weighted by Crippen LogP contribution is 2.12. The van der Waals surface area contributed by atoms with Crippen LogP contribution in [0.3, 0.4) is 0 Å². The number of pyridine rings is 1. The van der Waals surface area contributed by atoms with E-state index in [1.54, 1.807) is 0 Å². The molecule has 4 heteroatoms. The molecule has 1 heterocycles. The zero-order valence-electron chi connectivity index (χ0n) is 7.94. The molecule has 1 aromatic heterocycles. The third-order valence-corrected chi connectivity index (χ3v) is 1.79. The highest BCUT2D eigenvalue weighted by atomic mass is 16.3. The third kappa shape index (κ3) is 2.40. The summed E-state index contributed by atoms with van der Waals surface area (Å²) in [5.74, 6) is 0.849. The quantitative estimate of drug-likeness (QED) is 0.696. The Labute approximate surface area is 78.0 Å². The first-order chi connectivity index (χ1) is 6.15. The lowest BCUT2D eigenvalue weighted by atomic mass is 10.2. The second kappa shape index (κ2) is 4.20. The molecule has 0 radical (unpaired) electrons. The van der Waals surface area contributed by atoms with Gasteiger partial charge in [-0.3, -0.25) is 0 Å². The second-order valence-corrected chi connectivity index (χ2v) is 3.10. The number of aliphatic hydroxyl groups is 1. The van der Waals surface area contributed by atoms with E-state index in [-0.39, 0.29) is 12.6 Å². The van der Waals surface area contributed by atoms with Gasteiger partial charge in [0.05, 0.1) is 18.3 Å². The minimum atomic E-state index is -0.389. The van der Waals surface area contributed by atoms with Gasteiger partial charge in [-0.25, -0.2) is 4.98 Å². The molecule has 72 valence electrons. The predicted molar refractivity (Wildman–Crippen MR) is 52.6 cm³/mol. The molecule has 13 heavy (non-hydrogen) atoms. The number of rotatable bonds is 3. The maximum absolute atomic E-state index is 8.84. The van der Waals surface area contributed by atoms with Gasteiger partial charge in [-0.05, 0) is 12.1 Å². The molecule has 3 N–H and O–H groups in total. The fraction of sp³-hybridized carbons (Fsp3) is 0.444. The van der Waals surface area contributed by atoms with Crippen LogP contribution in [0.4, 0.5) is 5.82 Å². The molecule has 0 aromatic carbocycles. The zero-order valence-corrected chi connectivity index (χ0v) is 7.94. The summed E-state index contributed by atoms with van der Waals surface area (Å²) in [6.07, 6.45) is 0. The summed E-state index contributed by atoms with van der Waals surface area (Å²) >= 11 is 0. The van der Waals surface area contributed by atoms with Crippen molar-refractivity contribution >= 4 is 5.82 Å². The van der Waals surface area contributed by atoms with Crippen molar-refractivity contribution in [3.63, 3.8) is 0 Å². The number of aliphatic hydroxyl groups excluding tert-OH is 1. The molecule has 0 spiro atoms. The van der Waals surface area contributed by atoms with Crippen LogP contribution in [0.2, 0.25) is 0 Å². The van der Waals surface area contributed by atoms with Crippen molar-refractivity contribution in [1.82, 2.24) is 4.98 Å². The number of hydrogen-bond donors (Lipinski definition) is 2. The first-order valence-corrected chi connectivity index (χ1v) is 4.16. The molecular weight excluding hydrogens is 166 g/mol. The summed E-state index contributed by atoms with van der Waals surface area (Å²) in [6.45, 7) is -0.0795. The zero-order chi connectivity index (χ0) is 9.84. The Morgan fingerprint density at radius 2 is 2.23 bits per heavy atom. The van der Waals surface area contributed by atoms with Crippen LogP contribution >= 0.6 is 0 Å². The molecule has 0 amide bonds. The molecule has 0 bridgehead atoms. The van der Waals surface area contributed by atoms with E-state index >= 15 is 0 Å². The normalized spacial score (nSPS) is 12.6. The summed E-state index contributed by atoms with van der Waals surface area (Å²) in [6, 6.07) is 5.20. The minimum Gasteiger partial charge on any atom is -0.394 e. The molecule has 1 atom stereocenters. The number of anilines is 1. The Balaban J connectivity index is 2.91. The summed E-state index contributed by atoms with van der Waals surface area (Å²) in [5, 5.41) is 8.84. The van der Waals surface area contributed by atoms with Crippen LogP contribution in [0.5, 0.6) is 0 Å². The van der Waals surface area contributed by atoms with Gasteiger partial charge in [-0.15, -0.1) is 0 Å². The summed E-state index contributed by atoms with van der Waals surface area (Å²) < 4.78 is 0. The average Bonchev–Trinajstić information content (AvgIpc) is 2.17. The van der Waals surface area contributed by atoms with E-state index in [2.05, 4.69) is 4.98 Å². The standard InChI is InChI=1S/C9H15N3O/c1-12(2)9-5-3-4-8(11-9)7(10)6-13/h3-5,7,13H,6,10H2,1-2H3/t7-/m1/s1. The van der Waals surface area contributed by atoms with Gasteiger partial charge in [0.15, 0.2) is 0 Å². The van der Waals surface area contributed by atoms with Crippen LogP contribution in [0, 0.1) is 0 Å². The van der Waals surface area contributed by atoms with Gasteiger partial charge < -0.3 is 15.7 Å². The van der Waals surface area contributed by atoms with E-state index in [4.69, 9.17) is 10.8 Å². The van der Waals surface area contributed by atoms with E-state index in [9.17, 15) is 0 Å². The Morgan fingerprint density at radius 1 is 1.54 bits per heavy atom. The highest BCUT2D eigenvalue weighted by Gasteiger charge is 2.06. The van der Waals surface area contributed by atoms with Crippen molar-refractivity contribution in [2.75, 3.05) is 25.6 Å². The van der Waals surface area contributed by atoms with E-state index in [1.807, 2.05) is 37.2 Å². The smallest absolute Gasteiger partial charge is 0.128 e. The number of nitrogens with two attached hydrogens (primary N) is 1. The lowest BCUT2D eigenvalue weighted by molar-refractivity contribution is 0.266. The van der Waals surface area contributed by atoms with Gasteiger partial charge in [0.1, 0.15) is 5.82 Å². The van der Waals surface area contributed by atoms with Gasteiger partial charge in [-0.2, -0.15) is 0 Å². The van der Waals surface area contributed by atoms with Crippen molar-refractivity contribution in [2.24, 2.45) is 5.73 Å². The van der Waals surface area contributed by atoms with Crippen molar-refractivity contribution in [1.29, 1.82) is 0 Å². The van der Waals surface area contributed by atoms with Crippen LogP contribution in [0.1, 0.15) is 11.7 Å². The highest BCUT2D eigenvalue weighted by molar-refractivity contribution is 5.37. The van der Waals surface area contributed by atoms with Crippen molar-refractivity contribution in [3.8, 4) is 0 Å². The fourth-order valence-electron chi connectivity index (χ4n) is 0.989. The lowest BCUT2D eigenvalue weighted by Gasteiger charge is -2.14. The van der Waals surface area contributed by atoms with Gasteiger partial charge >= 0.3 is 0 Å². The largest absolute Gasteiger partial charge is 0.394 e. The minimum absolute atomic E-state index is 0.0795. The van der Waals surface area contributed by atoms with Crippen LogP contribution < -0.4 is 10.6 Å². The summed E-state index contributed by atoms with van der Waals surface area (Å²) in [5.41, 5.74) is 6.35.